The number of hydrogen-bond donors (Lipinski definition) is 3. The molecule has 1 unspecified atom stereocenters. The Labute approximate surface area is 279 Å². The fraction of sp³-hybridized carbons (Fsp3) is 0.147. The molecule has 0 heterocycles. The fourth-order valence-corrected chi connectivity index (χ4v) is 5.38. The molecule has 15 heteroatoms. The van der Waals surface area contributed by atoms with Gasteiger partial charge in [-0.1, -0.05) is 43.3 Å². The van der Waals surface area contributed by atoms with E-state index < -0.39 is 63.7 Å². The van der Waals surface area contributed by atoms with Crippen molar-refractivity contribution in [3.05, 3.63) is 125 Å². The summed E-state index contributed by atoms with van der Waals surface area (Å²) in [5.74, 6) is -12.2. The Kier molecular flexibility index (Phi) is 11.7. The third-order valence-corrected chi connectivity index (χ3v) is 8.12. The summed E-state index contributed by atoms with van der Waals surface area (Å²) in [6, 6.07) is 20.8. The number of halogens is 7. The van der Waals surface area contributed by atoms with Crippen LogP contribution in [-0.4, -0.2) is 30.1 Å². The number of methoxy groups -OCH3 is 1. The average molecular weight is 706 g/mol. The lowest BCUT2D eigenvalue weighted by Gasteiger charge is -2.18. The average Bonchev–Trinajstić information content (AvgIpc) is 3.07. The second-order valence-corrected chi connectivity index (χ2v) is 11.4. The van der Waals surface area contributed by atoms with Gasteiger partial charge in [-0.25, -0.2) is 17.6 Å². The van der Waals surface area contributed by atoms with Crippen LogP contribution < -0.4 is 20.7 Å². The number of thioether (sulfide) groups is 1. The third-order valence-electron chi connectivity index (χ3n) is 6.76. The smallest absolute Gasteiger partial charge is 0.422 e. The van der Waals surface area contributed by atoms with Crippen molar-refractivity contribution in [3.63, 3.8) is 0 Å². The number of nitrogens with one attached hydrogen (secondary N) is 3. The Morgan fingerprint density at radius 3 is 2.10 bits per heavy atom. The van der Waals surface area contributed by atoms with Crippen LogP contribution in [0.2, 0.25) is 0 Å². The molecular weight excluding hydrogens is 679 g/mol. The number of anilines is 2. The van der Waals surface area contributed by atoms with Crippen LogP contribution in [0, 0.1) is 23.3 Å². The zero-order valence-corrected chi connectivity index (χ0v) is 26.4. The van der Waals surface area contributed by atoms with Gasteiger partial charge in [-0.3, -0.25) is 14.4 Å². The quantitative estimate of drug-likeness (QED) is 0.0633. The van der Waals surface area contributed by atoms with Crippen molar-refractivity contribution in [2.45, 2.75) is 29.7 Å². The van der Waals surface area contributed by atoms with Gasteiger partial charge in [-0.05, 0) is 60.5 Å². The number of rotatable bonds is 11. The first-order valence-corrected chi connectivity index (χ1v) is 15.2. The van der Waals surface area contributed by atoms with Crippen molar-refractivity contribution in [1.29, 1.82) is 0 Å². The summed E-state index contributed by atoms with van der Waals surface area (Å²) in [4.78, 5) is 39.6. The zero-order valence-electron chi connectivity index (χ0n) is 25.6. The van der Waals surface area contributed by atoms with Gasteiger partial charge in [0.15, 0.2) is 23.3 Å². The van der Waals surface area contributed by atoms with Gasteiger partial charge in [0.05, 0.1) is 12.4 Å². The van der Waals surface area contributed by atoms with Crippen molar-refractivity contribution < 1.29 is 49.9 Å². The summed E-state index contributed by atoms with van der Waals surface area (Å²) in [5, 5.41) is 5.74. The maximum absolute atomic E-state index is 14.4. The van der Waals surface area contributed by atoms with Gasteiger partial charge in [0.25, 0.3) is 11.8 Å². The van der Waals surface area contributed by atoms with Crippen LogP contribution >= 0.6 is 11.8 Å². The first-order chi connectivity index (χ1) is 23.2. The molecule has 3 N–H and O–H groups in total. The highest BCUT2D eigenvalue weighted by Crippen LogP contribution is 2.39. The van der Waals surface area contributed by atoms with Gasteiger partial charge in [0.1, 0.15) is 22.7 Å². The van der Waals surface area contributed by atoms with E-state index >= 15 is 0 Å². The highest BCUT2D eigenvalue weighted by molar-refractivity contribution is 8.00. The van der Waals surface area contributed by atoms with E-state index in [4.69, 9.17) is 4.74 Å². The Bertz CT molecular complexity index is 1870. The van der Waals surface area contributed by atoms with Crippen LogP contribution in [0.5, 0.6) is 5.75 Å². The van der Waals surface area contributed by atoms with Gasteiger partial charge in [0.2, 0.25) is 5.91 Å². The summed E-state index contributed by atoms with van der Waals surface area (Å²) in [5.41, 5.74) is -3.58. The van der Waals surface area contributed by atoms with E-state index in [2.05, 4.69) is 10.6 Å². The van der Waals surface area contributed by atoms with Crippen LogP contribution in [0.15, 0.2) is 89.5 Å². The minimum absolute atomic E-state index is 0.000859. The lowest BCUT2D eigenvalue weighted by atomic mass is 10.1. The predicted molar refractivity (Wildman–Crippen MR) is 170 cm³/mol. The van der Waals surface area contributed by atoms with Gasteiger partial charge in [-0.15, -0.1) is 11.8 Å². The lowest BCUT2D eigenvalue weighted by molar-refractivity contribution is -0.143. The maximum atomic E-state index is 14.4. The fourth-order valence-electron chi connectivity index (χ4n) is 4.37. The molecule has 0 aliphatic heterocycles. The largest absolute Gasteiger partial charge is 0.497 e. The van der Waals surface area contributed by atoms with E-state index in [1.807, 2.05) is 0 Å². The van der Waals surface area contributed by atoms with Gasteiger partial charge >= 0.3 is 6.18 Å². The molecule has 0 aliphatic carbocycles. The monoisotopic (exact) mass is 705 g/mol. The molecule has 4 aromatic rings. The van der Waals surface area contributed by atoms with E-state index in [-0.39, 0.29) is 23.4 Å². The molecule has 0 saturated heterocycles. The first kappa shape index (κ1) is 36.5. The predicted octanol–water partition coefficient (Wildman–Crippen LogP) is 8.19. The van der Waals surface area contributed by atoms with E-state index in [9.17, 15) is 45.1 Å². The molecule has 0 aromatic heterocycles. The van der Waals surface area contributed by atoms with Gasteiger partial charge in [0, 0.05) is 16.1 Å². The summed E-state index contributed by atoms with van der Waals surface area (Å²) in [6.45, 7) is 1.51. The van der Waals surface area contributed by atoms with E-state index in [1.165, 1.54) is 44.4 Å². The molecule has 0 aliphatic rings. The van der Waals surface area contributed by atoms with Crippen molar-refractivity contribution in [2.75, 3.05) is 17.7 Å². The van der Waals surface area contributed by atoms with E-state index in [1.54, 1.807) is 59.9 Å². The molecule has 0 saturated carbocycles. The molecule has 0 spiro atoms. The number of carbonyl (C=O) groups is 3. The molecular formula is C34H26F7N3O4S. The van der Waals surface area contributed by atoms with Crippen LogP contribution in [0.25, 0.3) is 6.08 Å². The summed E-state index contributed by atoms with van der Waals surface area (Å²) in [6.07, 6.45) is -4.31. The van der Waals surface area contributed by atoms with Gasteiger partial charge < -0.3 is 20.7 Å². The second kappa shape index (κ2) is 15.7. The Hall–Kier alpha value is -5.31. The van der Waals surface area contributed by atoms with Gasteiger partial charge in [-0.2, -0.15) is 13.2 Å². The highest BCUT2D eigenvalue weighted by Gasteiger charge is 2.42. The minimum Gasteiger partial charge on any atom is -0.497 e. The standard InChI is InChI=1S/C34H26F7N3O4S/c1-3-24(33(47)44-30-28(37)26(35)25(34(39,40)41)27(36)29(30)38)49-22-14-8-12-20(17-22)42-32(46)23(16-18-9-7-13-21(15-18)48-2)43-31(45)19-10-5-4-6-11-19/h4-17,24H,3H2,1-2H3,(H,42,46)(H,43,45)(H,44,47)/b23-16-. The Balaban J connectivity index is 1.54. The Morgan fingerprint density at radius 1 is 0.837 bits per heavy atom. The normalized spacial score (nSPS) is 12.2. The molecule has 0 bridgehead atoms. The summed E-state index contributed by atoms with van der Waals surface area (Å²) < 4.78 is 101. The molecule has 4 aromatic carbocycles. The first-order valence-electron chi connectivity index (χ1n) is 14.3. The zero-order chi connectivity index (χ0) is 35.9. The van der Waals surface area contributed by atoms with Crippen LogP contribution in [-0.2, 0) is 15.8 Å². The number of alkyl halides is 3. The third kappa shape index (κ3) is 8.99. The topological polar surface area (TPSA) is 96.5 Å². The second-order valence-electron chi connectivity index (χ2n) is 10.1. The number of hydrogen-bond acceptors (Lipinski definition) is 5. The summed E-state index contributed by atoms with van der Waals surface area (Å²) >= 11 is 0.834. The molecule has 4 rings (SSSR count). The Morgan fingerprint density at radius 2 is 1.49 bits per heavy atom. The molecule has 256 valence electrons. The van der Waals surface area contributed by atoms with Crippen molar-refractivity contribution in [2.24, 2.45) is 0 Å². The summed E-state index contributed by atoms with van der Waals surface area (Å²) in [7, 11) is 1.47. The van der Waals surface area contributed by atoms with E-state index in [0.717, 1.165) is 11.8 Å². The maximum Gasteiger partial charge on any atom is 0.422 e. The number of ether oxygens (including phenoxy) is 1. The molecule has 1 atom stereocenters. The molecule has 0 radical (unpaired) electrons. The van der Waals surface area contributed by atoms with Crippen LogP contribution in [0.4, 0.5) is 42.1 Å². The molecule has 3 amide bonds. The molecule has 0 fully saturated rings. The number of carbonyl (C=O) groups excluding carboxylic acids is 3. The van der Waals surface area contributed by atoms with Crippen molar-refractivity contribution in [1.82, 2.24) is 5.32 Å². The molecule has 7 nitrogen and oxygen atoms in total. The number of amides is 3. The lowest BCUT2D eigenvalue weighted by Crippen LogP contribution is -2.30. The van der Waals surface area contributed by atoms with Crippen LogP contribution in [0.3, 0.4) is 0 Å². The minimum atomic E-state index is -5.74. The SMILES string of the molecule is CCC(Sc1cccc(NC(=O)/C(=C/c2cccc(OC)c2)NC(=O)c2ccccc2)c1)C(=O)Nc1c(F)c(F)c(C(F)(F)F)c(F)c1F. The highest BCUT2D eigenvalue weighted by atomic mass is 32.2. The number of benzene rings is 4. The van der Waals surface area contributed by atoms with Crippen molar-refractivity contribution >= 4 is 46.9 Å². The van der Waals surface area contributed by atoms with Crippen LogP contribution in [0.1, 0.15) is 34.8 Å². The van der Waals surface area contributed by atoms with Crippen molar-refractivity contribution in [3.8, 4) is 5.75 Å². The molecule has 49 heavy (non-hydrogen) atoms. The van der Waals surface area contributed by atoms with E-state index in [0.29, 0.717) is 16.2 Å².